The van der Waals surface area contributed by atoms with E-state index in [9.17, 15) is 14.4 Å². The molecule has 0 aliphatic heterocycles. The zero-order chi connectivity index (χ0) is 12.6. The molecular weight excluding hydrogens is 226 g/mol. The molecule has 0 saturated carbocycles. The normalized spacial score (nSPS) is 10.5. The summed E-state index contributed by atoms with van der Waals surface area (Å²) in [6.45, 7) is 2.82. The average Bonchev–Trinajstić information content (AvgIpc) is 2.19. The third kappa shape index (κ3) is 2.10. The lowest BCUT2D eigenvalue weighted by Crippen LogP contribution is -2.15. The second kappa shape index (κ2) is 3.89. The SMILES string of the molecule is CC(=O)Nc1cc2c(=O)oc(C)cc2oc1=O. The van der Waals surface area contributed by atoms with Crippen LogP contribution >= 0.6 is 0 Å². The van der Waals surface area contributed by atoms with E-state index in [-0.39, 0.29) is 16.7 Å². The van der Waals surface area contributed by atoms with Crippen molar-refractivity contribution in [1.82, 2.24) is 0 Å². The maximum absolute atomic E-state index is 11.5. The summed E-state index contributed by atoms with van der Waals surface area (Å²) in [4.78, 5) is 33.8. The maximum Gasteiger partial charge on any atom is 0.360 e. The highest BCUT2D eigenvalue weighted by Crippen LogP contribution is 2.13. The number of carbonyl (C=O) groups excluding carboxylic acids is 1. The van der Waals surface area contributed by atoms with Gasteiger partial charge in [0.25, 0.3) is 0 Å². The molecule has 88 valence electrons. The highest BCUT2D eigenvalue weighted by Gasteiger charge is 2.10. The second-order valence-corrected chi connectivity index (χ2v) is 3.55. The molecule has 0 aromatic carbocycles. The summed E-state index contributed by atoms with van der Waals surface area (Å²) in [5.74, 6) is -0.0777. The standard InChI is InChI=1S/C11H9NO5/c1-5-3-9-7(10(14)16-5)4-8(11(15)17-9)12-6(2)13/h3-4H,1-2H3,(H,12,13). The fraction of sp³-hybridized carbons (Fsp3) is 0.182. The molecule has 6 heteroatoms. The van der Waals surface area contributed by atoms with Gasteiger partial charge in [-0.05, 0) is 13.0 Å². The molecule has 17 heavy (non-hydrogen) atoms. The smallest absolute Gasteiger partial charge is 0.360 e. The van der Waals surface area contributed by atoms with E-state index in [0.29, 0.717) is 5.76 Å². The summed E-state index contributed by atoms with van der Waals surface area (Å²) in [5.41, 5.74) is -1.27. The van der Waals surface area contributed by atoms with Gasteiger partial charge in [0.05, 0.1) is 0 Å². The topological polar surface area (TPSA) is 89.5 Å². The van der Waals surface area contributed by atoms with Gasteiger partial charge in [-0.3, -0.25) is 4.79 Å². The first-order valence-electron chi connectivity index (χ1n) is 4.83. The molecule has 0 atom stereocenters. The third-order valence-electron chi connectivity index (χ3n) is 2.10. The molecule has 2 rings (SSSR count). The van der Waals surface area contributed by atoms with Gasteiger partial charge in [0.2, 0.25) is 5.91 Å². The number of nitrogens with one attached hydrogen (secondary N) is 1. The fourth-order valence-electron chi connectivity index (χ4n) is 1.44. The molecule has 0 unspecified atom stereocenters. The fourth-order valence-corrected chi connectivity index (χ4v) is 1.44. The Labute approximate surface area is 94.9 Å². The van der Waals surface area contributed by atoms with Crippen molar-refractivity contribution in [2.75, 3.05) is 5.32 Å². The lowest BCUT2D eigenvalue weighted by molar-refractivity contribution is -0.114. The Balaban J connectivity index is 2.76. The predicted molar refractivity (Wildman–Crippen MR) is 60.1 cm³/mol. The van der Waals surface area contributed by atoms with Gasteiger partial charge in [-0.15, -0.1) is 0 Å². The van der Waals surface area contributed by atoms with Crippen molar-refractivity contribution < 1.29 is 13.6 Å². The van der Waals surface area contributed by atoms with Crippen molar-refractivity contribution in [2.45, 2.75) is 13.8 Å². The zero-order valence-corrected chi connectivity index (χ0v) is 9.20. The van der Waals surface area contributed by atoms with Crippen molar-refractivity contribution in [1.29, 1.82) is 0 Å². The number of carbonyl (C=O) groups is 1. The lowest BCUT2D eigenvalue weighted by atomic mass is 10.2. The summed E-state index contributed by atoms with van der Waals surface area (Å²) in [7, 11) is 0. The van der Waals surface area contributed by atoms with Crippen molar-refractivity contribution in [2.24, 2.45) is 0 Å². The van der Waals surface area contributed by atoms with Gasteiger partial charge in [0, 0.05) is 13.0 Å². The molecule has 0 spiro atoms. The number of hydrogen-bond donors (Lipinski definition) is 1. The van der Waals surface area contributed by atoms with Crippen molar-refractivity contribution >= 4 is 22.6 Å². The Morgan fingerprint density at radius 1 is 1.18 bits per heavy atom. The van der Waals surface area contributed by atoms with Gasteiger partial charge in [0.15, 0.2) is 0 Å². The molecule has 2 aromatic rings. The number of anilines is 1. The molecule has 1 amide bonds. The average molecular weight is 235 g/mol. The zero-order valence-electron chi connectivity index (χ0n) is 9.20. The third-order valence-corrected chi connectivity index (χ3v) is 2.10. The molecule has 0 radical (unpaired) electrons. The second-order valence-electron chi connectivity index (χ2n) is 3.55. The van der Waals surface area contributed by atoms with Gasteiger partial charge in [-0.1, -0.05) is 0 Å². The van der Waals surface area contributed by atoms with Gasteiger partial charge in [-0.25, -0.2) is 9.59 Å². The van der Waals surface area contributed by atoms with E-state index in [1.165, 1.54) is 19.1 Å². The molecule has 0 saturated heterocycles. The quantitative estimate of drug-likeness (QED) is 0.796. The molecule has 2 aromatic heterocycles. The first-order valence-corrected chi connectivity index (χ1v) is 4.83. The van der Waals surface area contributed by atoms with E-state index in [1.54, 1.807) is 6.92 Å². The van der Waals surface area contributed by atoms with Crippen LogP contribution < -0.4 is 16.6 Å². The lowest BCUT2D eigenvalue weighted by Gasteiger charge is -2.01. The molecule has 0 aliphatic carbocycles. The minimum Gasteiger partial charge on any atom is -0.428 e. The molecule has 2 heterocycles. The highest BCUT2D eigenvalue weighted by molar-refractivity contribution is 5.90. The van der Waals surface area contributed by atoms with Crippen molar-refractivity contribution in [3.05, 3.63) is 38.7 Å². The van der Waals surface area contributed by atoms with Crippen LogP contribution in [0.2, 0.25) is 0 Å². The van der Waals surface area contributed by atoms with E-state index in [1.807, 2.05) is 0 Å². The first-order chi connectivity index (χ1) is 7.97. The van der Waals surface area contributed by atoms with E-state index in [0.717, 1.165) is 0 Å². The summed E-state index contributed by atoms with van der Waals surface area (Å²) in [6.07, 6.45) is 0. The molecule has 1 N–H and O–H groups in total. The summed E-state index contributed by atoms with van der Waals surface area (Å²) >= 11 is 0. The molecule has 0 fully saturated rings. The number of hydrogen-bond acceptors (Lipinski definition) is 5. The maximum atomic E-state index is 11.5. The molecule has 6 nitrogen and oxygen atoms in total. The van der Waals surface area contributed by atoms with E-state index >= 15 is 0 Å². The monoisotopic (exact) mass is 235 g/mol. The Morgan fingerprint density at radius 2 is 1.88 bits per heavy atom. The van der Waals surface area contributed by atoms with Crippen LogP contribution in [0.25, 0.3) is 11.0 Å². The minimum absolute atomic E-state index is 0.0823. The Kier molecular flexibility index (Phi) is 2.55. The Morgan fingerprint density at radius 3 is 2.53 bits per heavy atom. The van der Waals surface area contributed by atoms with Gasteiger partial charge >= 0.3 is 11.3 Å². The summed E-state index contributed by atoms with van der Waals surface area (Å²) < 4.78 is 9.78. The summed E-state index contributed by atoms with van der Waals surface area (Å²) in [5, 5.41) is 2.39. The number of amides is 1. The van der Waals surface area contributed by atoms with Crippen molar-refractivity contribution in [3.63, 3.8) is 0 Å². The number of rotatable bonds is 1. The number of fused-ring (bicyclic) bond motifs is 1. The Hall–Kier alpha value is -2.37. The van der Waals surface area contributed by atoms with E-state index in [4.69, 9.17) is 8.83 Å². The van der Waals surface area contributed by atoms with Crippen LogP contribution in [0.1, 0.15) is 12.7 Å². The molecule has 0 bridgehead atoms. The van der Waals surface area contributed by atoms with Gasteiger partial charge in [-0.2, -0.15) is 0 Å². The highest BCUT2D eigenvalue weighted by atomic mass is 16.4. The van der Waals surface area contributed by atoms with Crippen LogP contribution in [0.3, 0.4) is 0 Å². The minimum atomic E-state index is -0.710. The van der Waals surface area contributed by atoms with Crippen LogP contribution in [0.5, 0.6) is 0 Å². The van der Waals surface area contributed by atoms with Crippen LogP contribution in [0, 0.1) is 6.92 Å². The van der Waals surface area contributed by atoms with Crippen LogP contribution in [0.15, 0.2) is 30.6 Å². The van der Waals surface area contributed by atoms with Gasteiger partial charge < -0.3 is 14.2 Å². The summed E-state index contributed by atoms with van der Waals surface area (Å²) in [6, 6.07) is 2.68. The van der Waals surface area contributed by atoms with E-state index < -0.39 is 17.2 Å². The van der Waals surface area contributed by atoms with Crippen LogP contribution in [-0.2, 0) is 4.79 Å². The van der Waals surface area contributed by atoms with Crippen LogP contribution in [0.4, 0.5) is 5.69 Å². The number of aryl methyl sites for hydroxylation is 1. The molecule has 0 aliphatic rings. The largest absolute Gasteiger partial charge is 0.428 e. The first kappa shape index (κ1) is 11.1. The van der Waals surface area contributed by atoms with Crippen molar-refractivity contribution in [3.8, 4) is 0 Å². The predicted octanol–water partition coefficient (Wildman–Crippen LogP) is 1.01. The van der Waals surface area contributed by atoms with Gasteiger partial charge in [0.1, 0.15) is 22.4 Å². The van der Waals surface area contributed by atoms with Crippen LogP contribution in [-0.4, -0.2) is 5.91 Å². The van der Waals surface area contributed by atoms with E-state index in [2.05, 4.69) is 5.32 Å². The molecular formula is C11H9NO5. The Bertz CT molecular complexity index is 710.